The lowest BCUT2D eigenvalue weighted by Gasteiger charge is -2.10. The molecule has 0 saturated carbocycles. The Bertz CT molecular complexity index is 325. The lowest BCUT2D eigenvalue weighted by molar-refractivity contribution is -0.137. The van der Waals surface area contributed by atoms with Gasteiger partial charge in [0.25, 0.3) is 0 Å². The third kappa shape index (κ3) is 2.27. The zero-order valence-corrected chi connectivity index (χ0v) is 7.04. The van der Waals surface area contributed by atoms with Gasteiger partial charge in [-0.3, -0.25) is 0 Å². The summed E-state index contributed by atoms with van der Waals surface area (Å²) >= 11 is 0. The zero-order valence-electron chi connectivity index (χ0n) is 7.04. The smallest absolute Gasteiger partial charge is 0.416 e. The molecule has 0 unspecified atom stereocenters. The largest absolute Gasteiger partial charge is 0.450 e. The molecule has 0 aliphatic carbocycles. The molecule has 0 aromatic heterocycles. The van der Waals surface area contributed by atoms with Gasteiger partial charge >= 0.3 is 13.7 Å². The summed E-state index contributed by atoms with van der Waals surface area (Å²) in [6.45, 7) is -0.545. The van der Waals surface area contributed by atoms with Crippen molar-refractivity contribution in [3.63, 3.8) is 0 Å². The van der Waals surface area contributed by atoms with Crippen LogP contribution in [0.3, 0.4) is 0 Å². The van der Waals surface area contributed by atoms with Crippen LogP contribution in [0.15, 0.2) is 18.2 Å². The minimum atomic E-state index is -4.43. The summed E-state index contributed by atoms with van der Waals surface area (Å²) in [6, 6.07) is 2.76. The molecule has 1 radical (unpaired) electrons. The molecule has 75 valence electrons. The van der Waals surface area contributed by atoms with Crippen molar-refractivity contribution in [2.45, 2.75) is 12.8 Å². The number of benzene rings is 1. The maximum Gasteiger partial charge on any atom is 0.416 e. The highest BCUT2D eigenvalue weighted by molar-refractivity contribution is 6.46. The maximum absolute atomic E-state index is 12.2. The quantitative estimate of drug-likeness (QED) is 0.684. The number of hydrogen-bond acceptors (Lipinski definition) is 2. The Labute approximate surface area is 79.3 Å². The van der Waals surface area contributed by atoms with Crippen molar-refractivity contribution in [2.75, 3.05) is 0 Å². The number of aliphatic hydroxyl groups is 1. The molecular formula is C8H7BF3O2. The summed E-state index contributed by atoms with van der Waals surface area (Å²) in [4.78, 5) is 0. The Kier molecular flexibility index (Phi) is 3.18. The van der Waals surface area contributed by atoms with Crippen LogP contribution >= 0.6 is 0 Å². The van der Waals surface area contributed by atoms with Crippen molar-refractivity contribution < 1.29 is 23.3 Å². The minimum Gasteiger partial charge on any atom is -0.450 e. The second-order valence-corrected chi connectivity index (χ2v) is 2.70. The molecule has 2 N–H and O–H groups in total. The summed E-state index contributed by atoms with van der Waals surface area (Å²) in [6.07, 6.45) is -4.43. The van der Waals surface area contributed by atoms with Crippen molar-refractivity contribution in [2.24, 2.45) is 0 Å². The van der Waals surface area contributed by atoms with Crippen molar-refractivity contribution in [1.82, 2.24) is 0 Å². The van der Waals surface area contributed by atoms with E-state index in [0.717, 1.165) is 18.2 Å². The van der Waals surface area contributed by atoms with E-state index >= 15 is 0 Å². The lowest BCUT2D eigenvalue weighted by Crippen LogP contribution is -2.20. The molecule has 2 nitrogen and oxygen atoms in total. The number of rotatable bonds is 2. The summed E-state index contributed by atoms with van der Waals surface area (Å²) in [7, 11) is 0.658. The fourth-order valence-corrected chi connectivity index (χ4v) is 1.04. The second kappa shape index (κ2) is 4.02. The van der Waals surface area contributed by atoms with Crippen LogP contribution in [-0.2, 0) is 12.8 Å². The van der Waals surface area contributed by atoms with Gasteiger partial charge in [-0.2, -0.15) is 13.2 Å². The van der Waals surface area contributed by atoms with Gasteiger partial charge in [-0.1, -0.05) is 12.1 Å². The van der Waals surface area contributed by atoms with E-state index in [0.29, 0.717) is 7.48 Å². The first-order chi connectivity index (χ1) is 6.49. The Morgan fingerprint density at radius 2 is 1.93 bits per heavy atom. The first kappa shape index (κ1) is 11.1. The van der Waals surface area contributed by atoms with Gasteiger partial charge in [0, 0.05) is 0 Å². The van der Waals surface area contributed by atoms with Gasteiger partial charge in [-0.25, -0.2) is 0 Å². The lowest BCUT2D eigenvalue weighted by atomic mass is 9.83. The molecule has 0 spiro atoms. The van der Waals surface area contributed by atoms with Gasteiger partial charge in [0.2, 0.25) is 0 Å². The van der Waals surface area contributed by atoms with Crippen molar-refractivity contribution in [1.29, 1.82) is 0 Å². The van der Waals surface area contributed by atoms with E-state index in [2.05, 4.69) is 0 Å². The van der Waals surface area contributed by atoms with Gasteiger partial charge in [0.1, 0.15) is 0 Å². The van der Waals surface area contributed by atoms with Crippen LogP contribution in [0.1, 0.15) is 11.1 Å². The molecule has 0 fully saturated rings. The van der Waals surface area contributed by atoms with Crippen LogP contribution in [0.25, 0.3) is 0 Å². The molecular weight excluding hydrogens is 196 g/mol. The average molecular weight is 203 g/mol. The summed E-state index contributed by atoms with van der Waals surface area (Å²) in [5.74, 6) is 0. The van der Waals surface area contributed by atoms with E-state index in [1.807, 2.05) is 0 Å². The molecule has 0 aliphatic heterocycles. The molecule has 14 heavy (non-hydrogen) atoms. The van der Waals surface area contributed by atoms with E-state index in [1.54, 1.807) is 0 Å². The first-order valence-corrected chi connectivity index (χ1v) is 3.77. The van der Waals surface area contributed by atoms with Gasteiger partial charge in [-0.15, -0.1) is 0 Å². The van der Waals surface area contributed by atoms with Gasteiger partial charge in [-0.05, 0) is 17.1 Å². The molecule has 0 saturated heterocycles. The van der Waals surface area contributed by atoms with Crippen LogP contribution in [-0.4, -0.2) is 17.6 Å². The second-order valence-electron chi connectivity index (χ2n) is 2.70. The molecule has 0 aliphatic rings. The number of hydrogen-bond donors (Lipinski definition) is 2. The van der Waals surface area contributed by atoms with E-state index in [1.165, 1.54) is 0 Å². The zero-order chi connectivity index (χ0) is 10.8. The Balaban J connectivity index is 3.14. The van der Waals surface area contributed by atoms with Crippen LogP contribution in [0.5, 0.6) is 0 Å². The Morgan fingerprint density at radius 3 is 2.36 bits per heavy atom. The van der Waals surface area contributed by atoms with Gasteiger partial charge in [0.15, 0.2) is 0 Å². The highest BCUT2D eigenvalue weighted by atomic mass is 19.4. The van der Waals surface area contributed by atoms with Crippen LogP contribution in [0.4, 0.5) is 13.2 Å². The number of halogens is 3. The summed E-state index contributed by atoms with van der Waals surface area (Å²) < 4.78 is 36.6. The van der Waals surface area contributed by atoms with Crippen molar-refractivity contribution >= 4 is 12.9 Å². The molecule has 0 atom stereocenters. The molecule has 1 aromatic rings. The van der Waals surface area contributed by atoms with Crippen LogP contribution < -0.4 is 5.46 Å². The highest BCUT2D eigenvalue weighted by Gasteiger charge is 2.30. The molecule has 0 heterocycles. The SMILES string of the molecule is O[B]c1ccc(C(F)(F)F)cc1CO. The topological polar surface area (TPSA) is 40.5 Å². The maximum atomic E-state index is 12.2. The van der Waals surface area contributed by atoms with E-state index in [9.17, 15) is 13.2 Å². The molecule has 6 heteroatoms. The van der Waals surface area contributed by atoms with Crippen molar-refractivity contribution in [3.05, 3.63) is 29.3 Å². The first-order valence-electron chi connectivity index (χ1n) is 3.77. The van der Waals surface area contributed by atoms with E-state index < -0.39 is 18.3 Å². The third-order valence-corrected chi connectivity index (χ3v) is 1.78. The fraction of sp³-hybridized carbons (Fsp3) is 0.250. The summed E-state index contributed by atoms with van der Waals surface area (Å²) in [5, 5.41) is 17.4. The minimum absolute atomic E-state index is 0.0438. The highest BCUT2D eigenvalue weighted by Crippen LogP contribution is 2.29. The van der Waals surface area contributed by atoms with Gasteiger partial charge < -0.3 is 10.1 Å². The van der Waals surface area contributed by atoms with E-state index in [-0.39, 0.29) is 11.0 Å². The number of alkyl halides is 3. The average Bonchev–Trinajstić information content (AvgIpc) is 2.15. The van der Waals surface area contributed by atoms with Gasteiger partial charge in [0.05, 0.1) is 12.2 Å². The molecule has 0 amide bonds. The predicted octanol–water partition coefficient (Wildman–Crippen LogP) is 0.435. The fourth-order valence-electron chi connectivity index (χ4n) is 1.04. The Morgan fingerprint density at radius 1 is 1.29 bits per heavy atom. The standard InChI is InChI=1S/C8H7BF3O2/c10-8(11,12)6-1-2-7(9-14)5(3-6)4-13/h1-3,13-14H,4H2. The van der Waals surface area contributed by atoms with Crippen LogP contribution in [0.2, 0.25) is 0 Å². The van der Waals surface area contributed by atoms with E-state index in [4.69, 9.17) is 10.1 Å². The van der Waals surface area contributed by atoms with Crippen LogP contribution in [0, 0.1) is 0 Å². The summed E-state index contributed by atoms with van der Waals surface area (Å²) in [5.41, 5.74) is -0.616. The normalized spacial score (nSPS) is 11.5. The molecule has 1 aromatic carbocycles. The Hall–Kier alpha value is -1.01. The van der Waals surface area contributed by atoms with Crippen molar-refractivity contribution in [3.8, 4) is 0 Å². The molecule has 1 rings (SSSR count). The monoisotopic (exact) mass is 203 g/mol. The predicted molar refractivity (Wildman–Crippen MR) is 45.0 cm³/mol. The number of aliphatic hydroxyl groups excluding tert-OH is 1. The third-order valence-electron chi connectivity index (χ3n) is 1.78. The molecule has 0 bridgehead atoms.